The summed E-state index contributed by atoms with van der Waals surface area (Å²) in [6.07, 6.45) is 0.935. The first-order valence-electron chi connectivity index (χ1n) is 17.3. The average Bonchev–Trinajstić information content (AvgIpc) is 3.26. The third kappa shape index (κ3) is 10.2. The summed E-state index contributed by atoms with van der Waals surface area (Å²) in [5.74, 6) is -1.95. The molecule has 2 fully saturated rings. The molecule has 1 heterocycles. The molecule has 1 saturated heterocycles. The van der Waals surface area contributed by atoms with Crippen molar-refractivity contribution in [2.24, 2.45) is 28.1 Å². The minimum Gasteiger partial charge on any atom is -0.381 e. The maximum Gasteiger partial charge on any atom is 0.315 e. The monoisotopic (exact) mass is 712 g/mol. The summed E-state index contributed by atoms with van der Waals surface area (Å²) in [5, 5.41) is 21.9. The number of piperidine rings is 1. The van der Waals surface area contributed by atoms with Gasteiger partial charge in [0.05, 0.1) is 17.8 Å². The van der Waals surface area contributed by atoms with Gasteiger partial charge in [0.2, 0.25) is 21.8 Å². The Labute approximate surface area is 294 Å². The number of urea groups is 1. The number of fused-ring (bicyclic) bond motifs is 1. The van der Waals surface area contributed by atoms with Crippen molar-refractivity contribution < 1.29 is 32.7 Å². The lowest BCUT2D eigenvalue weighted by Crippen LogP contribution is -2.63. The summed E-state index contributed by atoms with van der Waals surface area (Å²) in [4.78, 5) is 56.0. The standard InChI is InChI=1S/C35H64N6O7S/c1-15-17-22(26(42)29(44)36-18-16-2)37-28(43)25-24-21(35(24,12)13)19-41(25)30(45)27(33(6,7)8)39-31(46)38-23(32(3,4)5)20-49(47,48)40(14)34(9,10)11/h16,21-27,42H,2,15,17-20H2,1,3-14H3,(H,36,44)(H,37,43)(H2,38,39,46)/t21-,22?,23+,24?,25-,26?,27+/m0/s1. The molecule has 0 aromatic heterocycles. The number of aliphatic hydroxyl groups is 1. The lowest BCUT2D eigenvalue weighted by molar-refractivity contribution is -0.144. The van der Waals surface area contributed by atoms with Gasteiger partial charge in [-0.2, -0.15) is 4.31 Å². The lowest BCUT2D eigenvalue weighted by atomic mass is 9.85. The van der Waals surface area contributed by atoms with E-state index in [4.69, 9.17) is 0 Å². The molecule has 14 heteroatoms. The van der Waals surface area contributed by atoms with Crippen LogP contribution in [0.15, 0.2) is 12.7 Å². The fourth-order valence-corrected chi connectivity index (χ4v) is 8.62. The second-order valence-corrected chi connectivity index (χ2v) is 19.6. The van der Waals surface area contributed by atoms with Gasteiger partial charge in [-0.1, -0.05) is 74.8 Å². The highest BCUT2D eigenvalue weighted by atomic mass is 32.2. The van der Waals surface area contributed by atoms with E-state index in [0.29, 0.717) is 19.4 Å². The molecule has 0 aromatic rings. The summed E-state index contributed by atoms with van der Waals surface area (Å²) in [6, 6.07) is -4.28. The molecular formula is C35H64N6O7S. The number of hydrogen-bond donors (Lipinski definition) is 5. The number of aliphatic hydroxyl groups excluding tert-OH is 1. The summed E-state index contributed by atoms with van der Waals surface area (Å²) in [5.41, 5.74) is -2.28. The molecule has 2 aliphatic rings. The molecular weight excluding hydrogens is 648 g/mol. The maximum atomic E-state index is 14.4. The number of nitrogens with one attached hydrogen (secondary N) is 4. The van der Waals surface area contributed by atoms with Crippen molar-refractivity contribution in [2.45, 2.75) is 132 Å². The van der Waals surface area contributed by atoms with Crippen molar-refractivity contribution in [3.05, 3.63) is 12.7 Å². The summed E-state index contributed by atoms with van der Waals surface area (Å²) in [7, 11) is -2.25. The molecule has 0 spiro atoms. The first kappa shape index (κ1) is 42.5. The molecule has 0 radical (unpaired) electrons. The van der Waals surface area contributed by atoms with E-state index in [1.54, 1.807) is 20.8 Å². The first-order valence-corrected chi connectivity index (χ1v) is 18.9. The lowest BCUT2D eigenvalue weighted by Gasteiger charge is -2.39. The van der Waals surface area contributed by atoms with Crippen molar-refractivity contribution in [1.29, 1.82) is 0 Å². The van der Waals surface area contributed by atoms with Crippen LogP contribution in [0.25, 0.3) is 0 Å². The topological polar surface area (TPSA) is 177 Å². The normalized spacial score (nSPS) is 23.1. The molecule has 7 atom stereocenters. The molecule has 0 aromatic carbocycles. The van der Waals surface area contributed by atoms with E-state index in [1.165, 1.54) is 22.3 Å². The molecule has 1 saturated carbocycles. The second-order valence-electron chi connectivity index (χ2n) is 17.5. The fraction of sp³-hybridized carbons (Fsp3) is 0.829. The number of carbonyl (C=O) groups is 4. The minimum absolute atomic E-state index is 0.0577. The highest BCUT2D eigenvalue weighted by Gasteiger charge is 2.70. The van der Waals surface area contributed by atoms with Crippen molar-refractivity contribution in [3.8, 4) is 0 Å². The van der Waals surface area contributed by atoms with Crippen LogP contribution < -0.4 is 21.3 Å². The molecule has 1 aliphatic carbocycles. The van der Waals surface area contributed by atoms with Gasteiger partial charge in [-0.05, 0) is 55.3 Å². The van der Waals surface area contributed by atoms with Gasteiger partial charge in [0.15, 0.2) is 6.10 Å². The maximum absolute atomic E-state index is 14.4. The van der Waals surface area contributed by atoms with Crippen LogP contribution >= 0.6 is 0 Å². The summed E-state index contributed by atoms with van der Waals surface area (Å²) in [6.45, 7) is 26.4. The second kappa shape index (κ2) is 15.3. The average molecular weight is 713 g/mol. The number of amides is 5. The molecule has 49 heavy (non-hydrogen) atoms. The van der Waals surface area contributed by atoms with Gasteiger partial charge in [0.25, 0.3) is 5.91 Å². The predicted octanol–water partition coefficient (Wildman–Crippen LogP) is 2.61. The van der Waals surface area contributed by atoms with Crippen LogP contribution in [0, 0.1) is 28.1 Å². The van der Waals surface area contributed by atoms with Crippen LogP contribution in [0.3, 0.4) is 0 Å². The SMILES string of the molecule is C=CCNC(=O)C(O)C(CCC)NC(=O)[C@@H]1C2[C@H](CN1C(=O)[C@@H](NC(=O)N[C@H](CS(=O)(=O)N(C)C(C)(C)C)C(C)(C)C)C(C)(C)C)C2(C)C. The van der Waals surface area contributed by atoms with Crippen LogP contribution in [0.1, 0.15) is 95.9 Å². The molecule has 1 aliphatic heterocycles. The number of rotatable bonds is 14. The van der Waals surface area contributed by atoms with E-state index in [9.17, 15) is 32.7 Å². The number of nitrogens with zero attached hydrogens (tertiary/aromatic N) is 2. The number of hydrogen-bond acceptors (Lipinski definition) is 7. The van der Waals surface area contributed by atoms with Crippen molar-refractivity contribution >= 4 is 33.8 Å². The van der Waals surface area contributed by atoms with Gasteiger partial charge in [-0.15, -0.1) is 6.58 Å². The summed E-state index contributed by atoms with van der Waals surface area (Å²) >= 11 is 0. The van der Waals surface area contributed by atoms with Crippen LogP contribution in [-0.2, 0) is 24.4 Å². The third-order valence-electron chi connectivity index (χ3n) is 10.2. The van der Waals surface area contributed by atoms with Crippen LogP contribution in [0.2, 0.25) is 0 Å². The van der Waals surface area contributed by atoms with Gasteiger partial charge in [-0.3, -0.25) is 14.4 Å². The first-order chi connectivity index (χ1) is 22.1. The fourth-order valence-electron chi connectivity index (χ4n) is 6.55. The zero-order chi connectivity index (χ0) is 38.1. The Kier molecular flexibility index (Phi) is 13.2. The predicted molar refractivity (Wildman–Crippen MR) is 192 cm³/mol. The Hall–Kier alpha value is -2.71. The Bertz CT molecular complexity index is 1350. The number of carbonyl (C=O) groups excluding carboxylic acids is 4. The van der Waals surface area contributed by atoms with E-state index in [-0.39, 0.29) is 29.5 Å². The minimum atomic E-state index is -3.77. The zero-order valence-corrected chi connectivity index (χ0v) is 32.9. The van der Waals surface area contributed by atoms with Gasteiger partial charge >= 0.3 is 6.03 Å². The van der Waals surface area contributed by atoms with Crippen molar-refractivity contribution in [2.75, 3.05) is 25.9 Å². The number of likely N-dealkylation sites (tertiary alicyclic amines) is 1. The highest BCUT2D eigenvalue weighted by Crippen LogP contribution is 2.65. The molecule has 2 rings (SSSR count). The summed E-state index contributed by atoms with van der Waals surface area (Å²) < 4.78 is 27.9. The Balaban J connectivity index is 2.35. The highest BCUT2D eigenvalue weighted by molar-refractivity contribution is 7.89. The number of sulfonamides is 1. The van der Waals surface area contributed by atoms with Crippen LogP contribution in [0.5, 0.6) is 0 Å². The Morgan fingerprint density at radius 3 is 2.04 bits per heavy atom. The Morgan fingerprint density at radius 2 is 1.57 bits per heavy atom. The van der Waals surface area contributed by atoms with Crippen LogP contribution in [-0.4, -0.2) is 108 Å². The Morgan fingerprint density at radius 1 is 1.00 bits per heavy atom. The van der Waals surface area contributed by atoms with E-state index in [2.05, 4.69) is 41.7 Å². The van der Waals surface area contributed by atoms with E-state index >= 15 is 0 Å². The molecule has 13 nitrogen and oxygen atoms in total. The van der Waals surface area contributed by atoms with Gasteiger partial charge in [0.1, 0.15) is 12.1 Å². The van der Waals surface area contributed by atoms with E-state index < -0.39 is 80.4 Å². The zero-order valence-electron chi connectivity index (χ0n) is 32.1. The van der Waals surface area contributed by atoms with Gasteiger partial charge < -0.3 is 31.3 Å². The van der Waals surface area contributed by atoms with Crippen LogP contribution in [0.4, 0.5) is 4.79 Å². The molecule has 282 valence electrons. The van der Waals surface area contributed by atoms with E-state index in [0.717, 1.165) is 0 Å². The van der Waals surface area contributed by atoms with E-state index in [1.807, 2.05) is 48.5 Å². The van der Waals surface area contributed by atoms with Gasteiger partial charge in [0, 0.05) is 25.7 Å². The quantitative estimate of drug-likeness (QED) is 0.172. The van der Waals surface area contributed by atoms with Crippen molar-refractivity contribution in [3.63, 3.8) is 0 Å². The molecule has 5 amide bonds. The van der Waals surface area contributed by atoms with Gasteiger partial charge in [-0.25, -0.2) is 13.2 Å². The molecule has 3 unspecified atom stereocenters. The molecule has 0 bridgehead atoms. The third-order valence-corrected chi connectivity index (χ3v) is 12.4. The van der Waals surface area contributed by atoms with Crippen molar-refractivity contribution in [1.82, 2.24) is 30.5 Å². The largest absolute Gasteiger partial charge is 0.381 e. The smallest absolute Gasteiger partial charge is 0.315 e. The molecule has 5 N–H and O–H groups in total.